The van der Waals surface area contributed by atoms with Gasteiger partial charge in [0, 0.05) is 83.2 Å². The number of nitrogens with zero attached hydrogens (tertiary/aromatic N) is 6. The summed E-state index contributed by atoms with van der Waals surface area (Å²) in [6.07, 6.45) is 3.55. The molecule has 8 rings (SSSR count). The van der Waals surface area contributed by atoms with Crippen molar-refractivity contribution in [1.82, 2.24) is 29.7 Å². The molecule has 0 spiro atoms. The average Bonchev–Trinajstić information content (AvgIpc) is 3.58. The number of hydrogen-bond acceptors (Lipinski definition) is 9. The van der Waals surface area contributed by atoms with Crippen LogP contribution in [0.5, 0.6) is 0 Å². The van der Waals surface area contributed by atoms with Gasteiger partial charge < -0.3 is 19.5 Å². The van der Waals surface area contributed by atoms with E-state index in [1.165, 1.54) is 12.1 Å². The maximum atomic E-state index is 13.4. The largest absolute Gasteiger partial charge is 0.416 e. The number of nitrogens with one attached hydrogen (secondary N) is 2. The lowest BCUT2D eigenvalue weighted by Crippen LogP contribution is -2.48. The SMILES string of the molecule is O=C1CC[C@@H](c2ccc(N3CCC(CN4CCN(Cc5ccc6c(c5)nc(NC(=O)c5cccc(C(F)(F)F)c5)n6[C@H]5CC[C@@H](CO)CC5)CC4)CC3)nc2)C(=O)N1. The lowest BCUT2D eigenvalue weighted by molar-refractivity contribution is -0.138. The summed E-state index contributed by atoms with van der Waals surface area (Å²) in [6.45, 7) is 7.72. The molecule has 4 aromatic rings. The van der Waals surface area contributed by atoms with Crippen LogP contribution in [0.4, 0.5) is 24.9 Å². The van der Waals surface area contributed by atoms with Crippen LogP contribution in [0.25, 0.3) is 11.0 Å². The van der Waals surface area contributed by atoms with Crippen molar-refractivity contribution in [3.63, 3.8) is 0 Å². The van der Waals surface area contributed by atoms with Crippen LogP contribution in [0.2, 0.25) is 0 Å². The normalized spacial score (nSPS) is 23.0. The predicted octanol–water partition coefficient (Wildman–Crippen LogP) is 5.98. The number of aromatic nitrogens is 3. The summed E-state index contributed by atoms with van der Waals surface area (Å²) in [5.41, 5.74) is 2.58. The van der Waals surface area contributed by atoms with Gasteiger partial charge in [0.25, 0.3) is 5.91 Å². The molecule has 3 saturated heterocycles. The third kappa shape index (κ3) is 9.06. The monoisotopic (exact) mass is 800 g/mol. The number of aliphatic hydroxyl groups excluding tert-OH is 1. The smallest absolute Gasteiger partial charge is 0.396 e. The minimum Gasteiger partial charge on any atom is -0.396 e. The van der Waals surface area contributed by atoms with Crippen LogP contribution < -0.4 is 15.5 Å². The molecule has 3 N–H and O–H groups in total. The Hall–Kier alpha value is -4.86. The zero-order valence-corrected chi connectivity index (χ0v) is 32.6. The maximum Gasteiger partial charge on any atom is 0.416 e. The second-order valence-electron chi connectivity index (χ2n) is 16.5. The van der Waals surface area contributed by atoms with E-state index in [1.807, 2.05) is 22.8 Å². The predicted molar refractivity (Wildman–Crippen MR) is 213 cm³/mol. The summed E-state index contributed by atoms with van der Waals surface area (Å²) in [6, 6.07) is 14.6. The lowest BCUT2D eigenvalue weighted by atomic mass is 9.86. The van der Waals surface area contributed by atoms with Crippen LogP contribution in [0.3, 0.4) is 0 Å². The number of amides is 3. The van der Waals surface area contributed by atoms with E-state index in [9.17, 15) is 32.7 Å². The van der Waals surface area contributed by atoms with Crippen molar-refractivity contribution >= 4 is 40.5 Å². The number of carbonyl (C=O) groups excluding carboxylic acids is 3. The molecule has 1 atom stereocenters. The van der Waals surface area contributed by atoms with Gasteiger partial charge in [-0.05, 0) is 104 Å². The van der Waals surface area contributed by atoms with E-state index in [0.717, 1.165) is 131 Å². The number of imide groups is 1. The molecule has 2 aromatic heterocycles. The Morgan fingerprint density at radius 1 is 0.862 bits per heavy atom. The summed E-state index contributed by atoms with van der Waals surface area (Å²) >= 11 is 0. The number of rotatable bonds is 10. The molecule has 15 heteroatoms. The molecule has 0 unspecified atom stereocenters. The van der Waals surface area contributed by atoms with Gasteiger partial charge in [0.2, 0.25) is 17.8 Å². The first kappa shape index (κ1) is 39.9. The molecule has 4 aliphatic rings. The van der Waals surface area contributed by atoms with E-state index < -0.39 is 17.6 Å². The van der Waals surface area contributed by atoms with Gasteiger partial charge in [-0.1, -0.05) is 18.2 Å². The maximum absolute atomic E-state index is 13.4. The molecule has 2 aromatic carbocycles. The Morgan fingerprint density at radius 3 is 2.31 bits per heavy atom. The third-order valence-electron chi connectivity index (χ3n) is 12.6. The molecule has 3 aliphatic heterocycles. The van der Waals surface area contributed by atoms with Crippen LogP contribution in [0.1, 0.15) is 90.4 Å². The number of piperazine rings is 1. The molecule has 0 radical (unpaired) electrons. The molecular weight excluding hydrogens is 750 g/mol. The number of aliphatic hydroxyl groups is 1. The van der Waals surface area contributed by atoms with Crippen molar-refractivity contribution in [2.75, 3.05) is 62.6 Å². The molecule has 1 aliphatic carbocycles. The zero-order chi connectivity index (χ0) is 40.4. The Balaban J connectivity index is 0.856. The number of hydrogen-bond donors (Lipinski definition) is 3. The minimum atomic E-state index is -4.56. The Morgan fingerprint density at radius 2 is 1.62 bits per heavy atom. The number of benzene rings is 2. The van der Waals surface area contributed by atoms with Gasteiger partial charge in [-0.3, -0.25) is 29.9 Å². The van der Waals surface area contributed by atoms with Crippen molar-refractivity contribution in [3.8, 4) is 0 Å². The first-order chi connectivity index (χ1) is 28.0. The number of fused-ring (bicyclic) bond motifs is 1. The average molecular weight is 801 g/mol. The molecule has 1 saturated carbocycles. The fraction of sp³-hybridized carbons (Fsp3) is 0.512. The van der Waals surface area contributed by atoms with Gasteiger partial charge in [-0.2, -0.15) is 13.2 Å². The van der Waals surface area contributed by atoms with Gasteiger partial charge in [0.15, 0.2) is 0 Å². The van der Waals surface area contributed by atoms with Crippen LogP contribution in [-0.4, -0.2) is 99.6 Å². The second kappa shape index (κ2) is 17.2. The summed E-state index contributed by atoms with van der Waals surface area (Å²) in [5, 5.41) is 15.0. The quantitative estimate of drug-likeness (QED) is 0.166. The highest BCUT2D eigenvalue weighted by Crippen LogP contribution is 2.37. The summed E-state index contributed by atoms with van der Waals surface area (Å²) < 4.78 is 42.3. The molecular formula is C43H51F3N8O4. The van der Waals surface area contributed by atoms with Crippen molar-refractivity contribution in [2.45, 2.75) is 76.0 Å². The highest BCUT2D eigenvalue weighted by Gasteiger charge is 2.32. The Kier molecular flexibility index (Phi) is 11.8. The van der Waals surface area contributed by atoms with Crippen LogP contribution in [0.15, 0.2) is 60.8 Å². The topological polar surface area (TPSA) is 136 Å². The first-order valence-corrected chi connectivity index (χ1v) is 20.6. The highest BCUT2D eigenvalue weighted by molar-refractivity contribution is 6.04. The fourth-order valence-corrected chi connectivity index (χ4v) is 9.20. The summed E-state index contributed by atoms with van der Waals surface area (Å²) in [5.74, 6) is 0.662. The standard InChI is InChI=1S/C43H51F3N8O4/c44-43(45,46)33-3-1-2-31(23-33)40(57)50-42-48-36-22-30(6-11-37(36)54(42)34-8-4-29(27-55)5-9-34)26-52-20-18-51(19-21-52)25-28-14-16-53(17-15-28)38-12-7-32(24-47-38)35-10-13-39(56)49-41(35)58/h1-3,6-7,11-12,22-24,28-29,34-35,55H,4-5,8-10,13-21,25-27H2,(H,48,50,57)(H,49,56,58)/t29-,34+,35-/m0/s1. The molecule has 12 nitrogen and oxygen atoms in total. The number of anilines is 2. The molecule has 0 bridgehead atoms. The van der Waals surface area contributed by atoms with Gasteiger partial charge in [-0.15, -0.1) is 0 Å². The van der Waals surface area contributed by atoms with Crippen LogP contribution in [0, 0.1) is 11.8 Å². The van der Waals surface area contributed by atoms with Crippen molar-refractivity contribution < 1.29 is 32.7 Å². The van der Waals surface area contributed by atoms with Crippen molar-refractivity contribution in [1.29, 1.82) is 0 Å². The Labute approximate surface area is 335 Å². The van der Waals surface area contributed by atoms with Crippen LogP contribution in [-0.2, 0) is 22.3 Å². The van der Waals surface area contributed by atoms with E-state index in [4.69, 9.17) is 4.98 Å². The molecule has 58 heavy (non-hydrogen) atoms. The molecule has 3 amide bonds. The van der Waals surface area contributed by atoms with E-state index >= 15 is 0 Å². The van der Waals surface area contributed by atoms with Crippen molar-refractivity contribution in [3.05, 3.63) is 83.0 Å². The van der Waals surface area contributed by atoms with Crippen molar-refractivity contribution in [2.24, 2.45) is 11.8 Å². The van der Waals surface area contributed by atoms with Gasteiger partial charge >= 0.3 is 6.18 Å². The second-order valence-corrected chi connectivity index (χ2v) is 16.5. The number of pyridine rings is 1. The number of carbonyl (C=O) groups is 3. The number of imidazole rings is 1. The minimum absolute atomic E-state index is 0.0332. The Bertz CT molecular complexity index is 2100. The fourth-order valence-electron chi connectivity index (χ4n) is 9.20. The number of halogens is 3. The number of piperidine rings is 2. The van der Waals surface area contributed by atoms with Crippen LogP contribution >= 0.6 is 0 Å². The molecule has 5 heterocycles. The van der Waals surface area contributed by atoms with E-state index in [1.54, 1.807) is 6.20 Å². The van der Waals surface area contributed by atoms with E-state index in [0.29, 0.717) is 24.7 Å². The molecule has 308 valence electrons. The first-order valence-electron chi connectivity index (χ1n) is 20.6. The van der Waals surface area contributed by atoms with Gasteiger partial charge in [0.1, 0.15) is 5.82 Å². The van der Waals surface area contributed by atoms with E-state index in [2.05, 4.69) is 42.5 Å². The lowest BCUT2D eigenvalue weighted by Gasteiger charge is -2.39. The summed E-state index contributed by atoms with van der Waals surface area (Å²) in [4.78, 5) is 54.0. The van der Waals surface area contributed by atoms with Gasteiger partial charge in [0.05, 0.1) is 22.5 Å². The zero-order valence-electron chi connectivity index (χ0n) is 32.6. The molecule has 4 fully saturated rings. The highest BCUT2D eigenvalue weighted by atomic mass is 19.4. The third-order valence-corrected chi connectivity index (χ3v) is 12.6. The summed E-state index contributed by atoms with van der Waals surface area (Å²) in [7, 11) is 0. The van der Waals surface area contributed by atoms with E-state index in [-0.39, 0.29) is 41.9 Å². The van der Waals surface area contributed by atoms with Gasteiger partial charge in [-0.25, -0.2) is 9.97 Å². The number of alkyl halides is 3.